The molecule has 7 nitrogen and oxygen atoms in total. The summed E-state index contributed by atoms with van der Waals surface area (Å²) >= 11 is 0. The first-order valence-electron chi connectivity index (χ1n) is 19.0. The smallest absolute Gasteiger partial charge is 0.251 e. The molecule has 260 valence electrons. The van der Waals surface area contributed by atoms with Crippen molar-refractivity contribution in [1.29, 1.82) is 0 Å². The summed E-state index contributed by atoms with van der Waals surface area (Å²) in [5.41, 5.74) is 6.01. The van der Waals surface area contributed by atoms with Gasteiger partial charge in [-0.2, -0.15) is 0 Å². The maximum absolute atomic E-state index is 14.1. The molecule has 0 aromatic heterocycles. The molecule has 49 heavy (non-hydrogen) atoms. The number of anilines is 1. The number of ether oxygens (including phenoxy) is 1. The lowest BCUT2D eigenvalue weighted by atomic mass is 9.87. The average molecular weight is 664 g/mol. The minimum Gasteiger partial charge on any atom is -0.490 e. The second kappa shape index (κ2) is 15.5. The lowest BCUT2D eigenvalue weighted by Gasteiger charge is -2.37. The van der Waals surface area contributed by atoms with E-state index in [9.17, 15) is 14.7 Å². The Morgan fingerprint density at radius 3 is 2.45 bits per heavy atom. The second-order valence-corrected chi connectivity index (χ2v) is 14.9. The van der Waals surface area contributed by atoms with Gasteiger partial charge in [0.1, 0.15) is 11.9 Å². The third-order valence-corrected chi connectivity index (χ3v) is 11.6. The van der Waals surface area contributed by atoms with Crippen LogP contribution in [0.15, 0.2) is 66.7 Å². The van der Waals surface area contributed by atoms with Crippen molar-refractivity contribution < 1.29 is 19.4 Å². The normalized spacial score (nSPS) is 22.6. The number of aliphatic hydroxyl groups excluding tert-OH is 1. The molecular formula is C42H53N3O4. The van der Waals surface area contributed by atoms with Crippen molar-refractivity contribution in [2.75, 3.05) is 18.0 Å². The zero-order valence-corrected chi connectivity index (χ0v) is 29.0. The van der Waals surface area contributed by atoms with Gasteiger partial charge in [0, 0.05) is 48.8 Å². The molecule has 2 unspecified atom stereocenters. The van der Waals surface area contributed by atoms with Crippen molar-refractivity contribution in [1.82, 2.24) is 10.6 Å². The van der Waals surface area contributed by atoms with Crippen LogP contribution in [0.25, 0.3) is 0 Å². The van der Waals surface area contributed by atoms with Crippen LogP contribution in [-0.2, 0) is 17.6 Å². The number of nitrogens with one attached hydrogen (secondary N) is 2. The fourth-order valence-corrected chi connectivity index (χ4v) is 8.72. The van der Waals surface area contributed by atoms with E-state index < -0.39 is 12.1 Å². The molecular weight excluding hydrogens is 610 g/mol. The van der Waals surface area contributed by atoms with Crippen LogP contribution in [0.4, 0.5) is 5.69 Å². The zero-order valence-electron chi connectivity index (χ0n) is 29.0. The fraction of sp³-hybridized carbons (Fsp3) is 0.524. The van der Waals surface area contributed by atoms with Gasteiger partial charge >= 0.3 is 0 Å². The summed E-state index contributed by atoms with van der Waals surface area (Å²) in [5.74, 6) is 1.84. The molecule has 3 fully saturated rings. The van der Waals surface area contributed by atoms with Crippen molar-refractivity contribution in [3.05, 3.63) is 94.5 Å². The Balaban J connectivity index is 1.12. The monoisotopic (exact) mass is 663 g/mol. The maximum Gasteiger partial charge on any atom is 0.251 e. The average Bonchev–Trinajstić information content (AvgIpc) is 3.94. The number of hydrogen-bond donors (Lipinski definition) is 3. The van der Waals surface area contributed by atoms with E-state index in [0.717, 1.165) is 60.2 Å². The first-order valence-corrected chi connectivity index (χ1v) is 19.0. The molecule has 4 atom stereocenters. The number of carbonyl (C=O) groups is 2. The van der Waals surface area contributed by atoms with Gasteiger partial charge in [-0.05, 0) is 97.7 Å². The van der Waals surface area contributed by atoms with E-state index >= 15 is 0 Å². The lowest BCUT2D eigenvalue weighted by molar-refractivity contribution is -0.117. The summed E-state index contributed by atoms with van der Waals surface area (Å²) in [6.45, 7) is 3.20. The number of fused-ring (bicyclic) bond motifs is 1. The third-order valence-electron chi connectivity index (χ3n) is 11.6. The largest absolute Gasteiger partial charge is 0.490 e. The van der Waals surface area contributed by atoms with Crippen LogP contribution < -0.4 is 20.3 Å². The molecule has 2 aliphatic carbocycles. The van der Waals surface area contributed by atoms with Gasteiger partial charge in [0.25, 0.3) is 5.91 Å². The molecule has 3 aromatic rings. The molecule has 1 saturated heterocycles. The Bertz CT molecular complexity index is 1600. The van der Waals surface area contributed by atoms with Crippen molar-refractivity contribution in [2.45, 2.75) is 121 Å². The van der Waals surface area contributed by atoms with E-state index in [0.29, 0.717) is 43.3 Å². The van der Waals surface area contributed by atoms with Crippen LogP contribution in [0.3, 0.4) is 0 Å². The number of nitrogens with zero attached hydrogens (tertiary/aromatic N) is 1. The highest BCUT2D eigenvalue weighted by molar-refractivity contribution is 5.99. The van der Waals surface area contributed by atoms with Gasteiger partial charge in [-0.15, -0.1) is 0 Å². The molecule has 0 radical (unpaired) electrons. The fourth-order valence-electron chi connectivity index (χ4n) is 8.72. The van der Waals surface area contributed by atoms with Crippen molar-refractivity contribution in [2.24, 2.45) is 5.92 Å². The van der Waals surface area contributed by atoms with Gasteiger partial charge in [-0.3, -0.25) is 9.59 Å². The number of hydrogen-bond acceptors (Lipinski definition) is 5. The molecule has 7 rings (SSSR count). The zero-order chi connectivity index (χ0) is 33.7. The molecule has 7 heteroatoms. The van der Waals surface area contributed by atoms with Gasteiger partial charge in [0.2, 0.25) is 5.91 Å². The Morgan fingerprint density at radius 2 is 1.71 bits per heavy atom. The van der Waals surface area contributed by atoms with Crippen LogP contribution in [-0.4, -0.2) is 48.3 Å². The van der Waals surface area contributed by atoms with E-state index in [1.165, 1.54) is 44.1 Å². The summed E-state index contributed by atoms with van der Waals surface area (Å²) in [5, 5.41) is 18.8. The molecule has 2 saturated carbocycles. The number of aryl methyl sites for hydroxylation is 1. The molecule has 2 amide bonds. The summed E-state index contributed by atoms with van der Waals surface area (Å²) in [4.78, 5) is 28.7. The number of amides is 2. The second-order valence-electron chi connectivity index (χ2n) is 14.9. The summed E-state index contributed by atoms with van der Waals surface area (Å²) in [6.07, 6.45) is 12.6. The lowest BCUT2D eigenvalue weighted by Crippen LogP contribution is -2.49. The summed E-state index contributed by atoms with van der Waals surface area (Å²) < 4.78 is 6.60. The van der Waals surface area contributed by atoms with Gasteiger partial charge in [0.05, 0.1) is 12.1 Å². The minimum atomic E-state index is -0.826. The predicted molar refractivity (Wildman–Crippen MR) is 194 cm³/mol. The van der Waals surface area contributed by atoms with Gasteiger partial charge in [-0.1, -0.05) is 75.1 Å². The first-order chi connectivity index (χ1) is 23.9. The topological polar surface area (TPSA) is 90.9 Å². The van der Waals surface area contributed by atoms with Crippen LogP contribution >= 0.6 is 0 Å². The molecule has 3 N–H and O–H groups in total. The Morgan fingerprint density at radius 1 is 0.939 bits per heavy atom. The van der Waals surface area contributed by atoms with Crippen LogP contribution in [0.1, 0.15) is 122 Å². The van der Waals surface area contributed by atoms with Crippen LogP contribution in [0.5, 0.6) is 5.75 Å². The number of carbonyl (C=O) groups excluding carboxylic acids is 2. The quantitative estimate of drug-likeness (QED) is 0.188. The molecule has 0 bridgehead atoms. The highest BCUT2D eigenvalue weighted by Gasteiger charge is 2.36. The Hall–Kier alpha value is -3.68. The highest BCUT2D eigenvalue weighted by atomic mass is 16.5. The molecule has 0 spiro atoms. The van der Waals surface area contributed by atoms with E-state index in [1.54, 1.807) is 0 Å². The number of rotatable bonds is 12. The minimum absolute atomic E-state index is 0.0622. The van der Waals surface area contributed by atoms with E-state index in [2.05, 4.69) is 41.8 Å². The van der Waals surface area contributed by atoms with Gasteiger partial charge in [0.15, 0.2) is 0 Å². The highest BCUT2D eigenvalue weighted by Crippen LogP contribution is 2.42. The maximum atomic E-state index is 14.1. The molecule has 2 heterocycles. The van der Waals surface area contributed by atoms with Crippen molar-refractivity contribution in [3.63, 3.8) is 0 Å². The van der Waals surface area contributed by atoms with Crippen molar-refractivity contribution >= 4 is 17.5 Å². The Kier molecular flexibility index (Phi) is 10.7. The van der Waals surface area contributed by atoms with Crippen molar-refractivity contribution in [3.8, 4) is 5.75 Å². The molecule has 3 aromatic carbocycles. The number of aliphatic hydroxyl groups is 1. The standard InChI is InChI=1S/C42H53N3O4/c1-2-28-18-19-39-35(21-28)36(26-40(49-39)31-15-8-9-16-31)43-27-38(46)37(22-29-11-4-3-5-12-29)44-42(48)33-23-32(30-13-6-7-14-30)24-34(25-33)45-20-10-17-41(45)47/h3-5,11-12,18-19,21,23-25,30-31,36-38,40,43,46H,2,6-10,13-17,20,22,26-27H2,1H3,(H,44,48)/t36?,37-,38+,40?/m0/s1. The van der Waals surface area contributed by atoms with Crippen LogP contribution in [0, 0.1) is 5.92 Å². The summed E-state index contributed by atoms with van der Waals surface area (Å²) in [6, 6.07) is 22.2. The van der Waals surface area contributed by atoms with E-state index in [-0.39, 0.29) is 24.0 Å². The molecule has 2 aliphatic heterocycles. The predicted octanol–water partition coefficient (Wildman–Crippen LogP) is 7.41. The van der Waals surface area contributed by atoms with E-state index in [1.807, 2.05) is 47.4 Å². The summed E-state index contributed by atoms with van der Waals surface area (Å²) in [7, 11) is 0. The first kappa shape index (κ1) is 33.8. The van der Waals surface area contributed by atoms with Gasteiger partial charge in [-0.25, -0.2) is 0 Å². The third kappa shape index (κ3) is 7.89. The molecule has 4 aliphatic rings. The number of benzene rings is 3. The van der Waals surface area contributed by atoms with E-state index in [4.69, 9.17) is 4.74 Å². The van der Waals surface area contributed by atoms with Crippen LogP contribution in [0.2, 0.25) is 0 Å². The van der Waals surface area contributed by atoms with Gasteiger partial charge < -0.3 is 25.4 Å². The SMILES string of the molecule is CCc1ccc2c(c1)C(NC[C@@H](O)[C@H](Cc1ccccc1)NC(=O)c1cc(C3CCCC3)cc(N3CCCC3=O)c1)CC(C1CCCC1)O2. The Labute approximate surface area is 291 Å².